The predicted molar refractivity (Wildman–Crippen MR) is 254 cm³/mol. The van der Waals surface area contributed by atoms with E-state index in [1.54, 1.807) is 64.9 Å². The van der Waals surface area contributed by atoms with E-state index in [4.69, 9.17) is 27.9 Å². The average molecular weight is 1020 g/mol. The van der Waals surface area contributed by atoms with Crippen LogP contribution >= 0.6 is 47.8 Å². The maximum atomic E-state index is 10.0. The van der Waals surface area contributed by atoms with E-state index in [9.17, 15) is 10.2 Å². The molecule has 59 heavy (non-hydrogen) atoms. The van der Waals surface area contributed by atoms with E-state index in [1.165, 1.54) is 0 Å². The molecule has 0 aromatic carbocycles. The van der Waals surface area contributed by atoms with E-state index in [0.717, 1.165) is 30.0 Å². The van der Waals surface area contributed by atoms with E-state index in [1.807, 2.05) is 101 Å². The predicted octanol–water partition coefficient (Wildman–Crippen LogP) is 10.4. The van der Waals surface area contributed by atoms with Crippen LogP contribution in [-0.4, -0.2) is 79.9 Å². The first-order valence-electron chi connectivity index (χ1n) is 18.5. The fourth-order valence-electron chi connectivity index (χ4n) is 5.03. The van der Waals surface area contributed by atoms with Crippen LogP contribution in [0.1, 0.15) is 144 Å². The monoisotopic (exact) mass is 1020 g/mol. The quantitative estimate of drug-likeness (QED) is 0.242. The molecular formula is C42H71B3Br3N3O8. The number of nitrogens with zero attached hydrogens (tertiary/aromatic N) is 3. The molecule has 3 aromatic heterocycles. The third kappa shape index (κ3) is 15.2. The number of hydrogen-bond donors (Lipinski definition) is 2. The minimum Gasteiger partial charge on any atom is -0.405 e. The van der Waals surface area contributed by atoms with Gasteiger partial charge in [-0.25, -0.2) is 0 Å². The second kappa shape index (κ2) is 21.0. The lowest BCUT2D eigenvalue weighted by atomic mass is 9.49. The molecule has 3 fully saturated rings. The second-order valence-corrected chi connectivity index (χ2v) is 20.9. The summed E-state index contributed by atoms with van der Waals surface area (Å²) >= 11 is 9.82. The van der Waals surface area contributed by atoms with E-state index >= 15 is 0 Å². The summed E-state index contributed by atoms with van der Waals surface area (Å²) in [5, 5.41) is 19.6. The normalized spacial score (nSPS) is 20.2. The highest BCUT2D eigenvalue weighted by molar-refractivity contribution is 9.11. The number of aliphatic hydroxyl groups is 2. The zero-order valence-electron chi connectivity index (χ0n) is 35.7. The second-order valence-electron chi connectivity index (χ2n) is 18.2. The van der Waals surface area contributed by atoms with Gasteiger partial charge in [0.1, 0.15) is 0 Å². The van der Waals surface area contributed by atoms with Crippen molar-refractivity contribution >= 4 is 74.4 Å². The number of rotatable bonds is 4. The van der Waals surface area contributed by atoms with Gasteiger partial charge in [0.25, 0.3) is 0 Å². The van der Waals surface area contributed by atoms with E-state index in [2.05, 4.69) is 62.7 Å². The molecule has 11 nitrogen and oxygen atoms in total. The maximum Gasteiger partial charge on any atom is 0.496 e. The van der Waals surface area contributed by atoms with Crippen LogP contribution in [0, 0.1) is 0 Å². The van der Waals surface area contributed by atoms with Crippen molar-refractivity contribution < 1.29 is 38.1 Å². The van der Waals surface area contributed by atoms with Crippen LogP contribution in [-0.2, 0) is 39.1 Å². The molecular weight excluding hydrogens is 947 g/mol. The zero-order chi connectivity index (χ0) is 42.9. The van der Waals surface area contributed by atoms with Gasteiger partial charge in [0.2, 0.25) is 0 Å². The maximum absolute atomic E-state index is 10.0. The molecule has 3 saturated heterocycles. The van der Waals surface area contributed by atoms with Crippen molar-refractivity contribution in [3.63, 3.8) is 0 Å². The first kappa shape index (κ1) is 57.8. The van der Waals surface area contributed by atoms with Crippen molar-refractivity contribution in [2.24, 2.45) is 0 Å². The average Bonchev–Trinajstić information content (AvgIpc) is 3.50. The third-order valence-electron chi connectivity index (χ3n) is 10.8. The summed E-state index contributed by atoms with van der Waals surface area (Å²) < 4.78 is 38.7. The summed E-state index contributed by atoms with van der Waals surface area (Å²) in [6, 6.07) is 5.68. The van der Waals surface area contributed by atoms with Crippen molar-refractivity contribution in [3.8, 4) is 0 Å². The van der Waals surface area contributed by atoms with Gasteiger partial charge in [0.15, 0.2) is 0 Å². The SMILES string of the molecule is Brc1cncc(Br)c1.C.C.C.CC(C)(O)c1cncc(B2OC(C)(C)C(C)(C)O2)c1.CC(C)(O)c1cncc(Br)c1.CC1(C)OB(B2OC(C)(C)C(C)(C)O2)OC1(C)C. The minimum absolute atomic E-state index is 0. The van der Waals surface area contributed by atoms with E-state index in [-0.39, 0.29) is 55.9 Å². The van der Waals surface area contributed by atoms with Crippen molar-refractivity contribution in [3.05, 3.63) is 79.9 Å². The van der Waals surface area contributed by atoms with Gasteiger partial charge in [-0.15, -0.1) is 0 Å². The van der Waals surface area contributed by atoms with Gasteiger partial charge in [-0.3, -0.25) is 15.0 Å². The van der Waals surface area contributed by atoms with Crippen LogP contribution in [0.3, 0.4) is 0 Å². The summed E-state index contributed by atoms with van der Waals surface area (Å²) in [5.74, 6) is 0. The first-order valence-corrected chi connectivity index (χ1v) is 20.9. The van der Waals surface area contributed by atoms with Crippen molar-refractivity contribution in [2.75, 3.05) is 0 Å². The molecule has 0 atom stereocenters. The Balaban J connectivity index is 0.000000783. The highest BCUT2D eigenvalue weighted by atomic mass is 79.9. The smallest absolute Gasteiger partial charge is 0.405 e. The van der Waals surface area contributed by atoms with Crippen LogP contribution in [0.25, 0.3) is 0 Å². The van der Waals surface area contributed by atoms with Gasteiger partial charge in [-0.2, -0.15) is 0 Å². The van der Waals surface area contributed by atoms with Crippen molar-refractivity contribution in [1.29, 1.82) is 0 Å². The highest BCUT2D eigenvalue weighted by Gasteiger charge is 2.63. The molecule has 17 heteroatoms. The number of hydrogen-bond acceptors (Lipinski definition) is 11. The summed E-state index contributed by atoms with van der Waals surface area (Å²) in [5.41, 5.74) is -1.52. The molecule has 332 valence electrons. The fourth-order valence-corrected chi connectivity index (χ4v) is 6.43. The van der Waals surface area contributed by atoms with Crippen LogP contribution in [0.4, 0.5) is 0 Å². The summed E-state index contributed by atoms with van der Waals surface area (Å²) in [7, 11) is -1.40. The summed E-state index contributed by atoms with van der Waals surface area (Å²) in [6.07, 6.45) is 10.2. The molecule has 0 unspecified atom stereocenters. The van der Waals surface area contributed by atoms with Crippen molar-refractivity contribution in [2.45, 2.75) is 178 Å². The number of pyridine rings is 3. The Morgan fingerprint density at radius 1 is 0.441 bits per heavy atom. The van der Waals surface area contributed by atoms with Crippen LogP contribution < -0.4 is 5.46 Å². The van der Waals surface area contributed by atoms with Gasteiger partial charge in [0.05, 0.1) is 44.8 Å². The molecule has 0 saturated carbocycles. The largest absolute Gasteiger partial charge is 0.496 e. The molecule has 0 spiro atoms. The van der Waals surface area contributed by atoms with Crippen LogP contribution in [0.5, 0.6) is 0 Å². The third-order valence-corrected chi connectivity index (χ3v) is 12.1. The Hall–Kier alpha value is -1.24. The molecule has 3 aromatic rings. The van der Waals surface area contributed by atoms with Crippen LogP contribution in [0.15, 0.2) is 68.8 Å². The molecule has 6 rings (SSSR count). The molecule has 6 heterocycles. The summed E-state index contributed by atoms with van der Waals surface area (Å²) in [4.78, 5) is 12.0. The van der Waals surface area contributed by atoms with Gasteiger partial charge >= 0.3 is 21.1 Å². The Morgan fingerprint density at radius 2 is 0.712 bits per heavy atom. The Labute approximate surface area is 383 Å². The Bertz CT molecular complexity index is 1690. The Kier molecular flexibility index (Phi) is 20.5. The first-order chi connectivity index (χ1) is 25.2. The molecule has 0 aliphatic carbocycles. The lowest BCUT2D eigenvalue weighted by Crippen LogP contribution is -2.41. The molecule has 0 radical (unpaired) electrons. The lowest BCUT2D eigenvalue weighted by Gasteiger charge is -2.32. The molecule has 0 bridgehead atoms. The topological polar surface area (TPSA) is 135 Å². The van der Waals surface area contributed by atoms with Crippen LogP contribution in [0.2, 0.25) is 0 Å². The van der Waals surface area contributed by atoms with E-state index in [0.29, 0.717) is 0 Å². The van der Waals surface area contributed by atoms with Crippen molar-refractivity contribution in [1.82, 2.24) is 15.0 Å². The van der Waals surface area contributed by atoms with Gasteiger partial charge in [-0.1, -0.05) is 28.3 Å². The number of aromatic nitrogens is 3. The van der Waals surface area contributed by atoms with Gasteiger partial charge in [-0.05, 0) is 171 Å². The highest BCUT2D eigenvalue weighted by Crippen LogP contribution is 2.43. The fraction of sp³-hybridized carbons (Fsp3) is 0.643. The molecule has 3 aliphatic rings. The summed E-state index contributed by atoms with van der Waals surface area (Å²) in [6.45, 7) is 31.2. The Morgan fingerprint density at radius 3 is 0.983 bits per heavy atom. The molecule has 3 aliphatic heterocycles. The minimum atomic E-state index is -0.924. The van der Waals surface area contributed by atoms with Gasteiger partial charge in [0, 0.05) is 67.2 Å². The van der Waals surface area contributed by atoms with Gasteiger partial charge < -0.3 is 38.1 Å². The molecule has 2 N–H and O–H groups in total. The standard InChI is InChI=1S/C14H22BNO3.C12H24B2O4.C8H10BrNO.C5H3Br2N.3CH4/c1-12(2,17)10-7-11(9-16-8-10)15-18-13(3,4)14(5,6)19-15;1-9(2)10(3,4)16-13(15-9)14-17-11(5,6)12(7,8)18-14;1-8(2,11)6-3-7(9)5-10-4-6;6-4-1-5(7)3-8-2-4;;;/h7-9,17H,1-6H3;1-8H3;3-5,11H,1-2H3;1-3H;3*1H4. The number of halogens is 3. The lowest BCUT2D eigenvalue weighted by molar-refractivity contribution is 0.00578. The molecule has 0 amide bonds. The van der Waals surface area contributed by atoms with E-state index < -0.39 is 32.3 Å². The zero-order valence-corrected chi connectivity index (χ0v) is 40.5.